The van der Waals surface area contributed by atoms with E-state index in [0.29, 0.717) is 0 Å². The van der Waals surface area contributed by atoms with Crippen LogP contribution in [0.15, 0.2) is 248 Å². The van der Waals surface area contributed by atoms with Gasteiger partial charge in [0.15, 0.2) is 0 Å². The number of rotatable bonds is 10. The van der Waals surface area contributed by atoms with E-state index in [0.717, 1.165) is 45.0 Å². The molecule has 0 saturated carbocycles. The molecule has 0 amide bonds. The van der Waals surface area contributed by atoms with Gasteiger partial charge in [0.25, 0.3) is 0 Å². The van der Waals surface area contributed by atoms with Crippen molar-refractivity contribution in [2.24, 2.45) is 5.10 Å². The summed E-state index contributed by atoms with van der Waals surface area (Å²) in [5.74, 6) is 0. The lowest BCUT2D eigenvalue weighted by Gasteiger charge is -2.28. The number of hydrogen-bond acceptors (Lipinski definition) is 3. The Bertz CT molecular complexity index is 3200. The number of hydrazone groups is 1. The van der Waals surface area contributed by atoms with Crippen LogP contribution < -0.4 is 10.3 Å². The molecule has 0 aliphatic heterocycles. The topological polar surface area (TPSA) is 27.6 Å². The monoisotopic (exact) mass is 833 g/mol. The molecule has 1 aliphatic rings. The van der Waals surface area contributed by atoms with E-state index in [1.807, 2.05) is 12.1 Å². The lowest BCUT2D eigenvalue weighted by molar-refractivity contribution is 0.660. The molecule has 65 heavy (non-hydrogen) atoms. The zero-order chi connectivity index (χ0) is 43.7. The second-order valence-electron chi connectivity index (χ2n) is 17.3. The molecule has 1 N–H and O–H groups in total. The Morgan fingerprint density at radius 1 is 0.369 bits per heavy atom. The van der Waals surface area contributed by atoms with E-state index in [1.165, 1.54) is 61.0 Å². The van der Waals surface area contributed by atoms with E-state index < -0.39 is 0 Å². The van der Waals surface area contributed by atoms with Gasteiger partial charge in [0.05, 0.1) is 11.4 Å². The highest BCUT2D eigenvalue weighted by atomic mass is 15.3. The summed E-state index contributed by atoms with van der Waals surface area (Å²) in [7, 11) is 0. The van der Waals surface area contributed by atoms with Gasteiger partial charge in [-0.15, -0.1) is 0 Å². The Labute approximate surface area is 381 Å². The van der Waals surface area contributed by atoms with Gasteiger partial charge in [0.2, 0.25) is 0 Å². The summed E-state index contributed by atoms with van der Waals surface area (Å²) in [6, 6.07) is 87.0. The summed E-state index contributed by atoms with van der Waals surface area (Å²) in [5.41, 5.74) is 23.0. The van der Waals surface area contributed by atoms with Gasteiger partial charge in [-0.25, -0.2) is 0 Å². The average Bonchev–Trinajstić information content (AvgIpc) is 3.60. The van der Waals surface area contributed by atoms with E-state index in [-0.39, 0.29) is 5.41 Å². The molecule has 0 unspecified atom stereocenters. The first-order valence-corrected chi connectivity index (χ1v) is 22.4. The minimum atomic E-state index is -0.242. The first-order chi connectivity index (χ1) is 32.0. The van der Waals surface area contributed by atoms with Gasteiger partial charge in [-0.05, 0) is 110 Å². The number of nitrogens with one attached hydrogen (secondary N) is 1. The summed E-state index contributed by atoms with van der Waals surface area (Å²) in [6.45, 7) is 4.75. The molecule has 0 spiro atoms. The first-order valence-electron chi connectivity index (χ1n) is 22.4. The third kappa shape index (κ3) is 7.47. The molecule has 1 aliphatic carbocycles. The van der Waals surface area contributed by atoms with Gasteiger partial charge in [-0.2, -0.15) is 5.10 Å². The van der Waals surface area contributed by atoms with Crippen LogP contribution in [0.1, 0.15) is 36.1 Å². The summed E-state index contributed by atoms with van der Waals surface area (Å²) in [5, 5.41) is 7.33. The van der Waals surface area contributed by atoms with Crippen LogP contribution in [0.25, 0.3) is 55.3 Å². The average molecular weight is 834 g/mol. The molecule has 0 bridgehead atoms. The van der Waals surface area contributed by atoms with Gasteiger partial charge in [0.1, 0.15) is 0 Å². The maximum Gasteiger partial charge on any atom is 0.0977 e. The van der Waals surface area contributed by atoms with Crippen LogP contribution in [0.5, 0.6) is 0 Å². The molecule has 0 heterocycles. The van der Waals surface area contributed by atoms with Crippen LogP contribution in [-0.4, -0.2) is 5.71 Å². The van der Waals surface area contributed by atoms with Gasteiger partial charge < -0.3 is 4.90 Å². The van der Waals surface area contributed by atoms with Gasteiger partial charge in [-0.3, -0.25) is 5.43 Å². The number of benzene rings is 10. The van der Waals surface area contributed by atoms with Crippen molar-refractivity contribution in [3.05, 3.63) is 265 Å². The molecule has 0 fully saturated rings. The SMILES string of the molecule is CC1(C)c2cc(-c3ccc(NN=C(c4ccccc4)c4ccccc4)c4ccccc34)ccc2-c2ccc(N(c3ccc(-c4ccccc4)cc3)c3ccc(-c4ccccc4)cc3)cc21. The molecule has 0 atom stereocenters. The van der Waals surface area contributed by atoms with Crippen LogP contribution in [0.4, 0.5) is 22.7 Å². The van der Waals surface area contributed by atoms with Gasteiger partial charge >= 0.3 is 0 Å². The molecule has 3 nitrogen and oxygen atoms in total. The molecular weight excluding hydrogens is 787 g/mol. The third-order valence-electron chi connectivity index (χ3n) is 13.0. The molecule has 11 rings (SSSR count). The molecular formula is C62H47N3. The summed E-state index contributed by atoms with van der Waals surface area (Å²) in [4.78, 5) is 2.39. The Morgan fingerprint density at radius 2 is 0.785 bits per heavy atom. The van der Waals surface area contributed by atoms with Crippen LogP contribution in [0.2, 0.25) is 0 Å². The van der Waals surface area contributed by atoms with Gasteiger partial charge in [-0.1, -0.05) is 208 Å². The Morgan fingerprint density at radius 3 is 1.34 bits per heavy atom. The highest BCUT2D eigenvalue weighted by molar-refractivity contribution is 6.13. The Kier molecular flexibility index (Phi) is 10.2. The molecule has 310 valence electrons. The van der Waals surface area contributed by atoms with Crippen LogP contribution in [0, 0.1) is 0 Å². The molecule has 0 aromatic heterocycles. The fourth-order valence-electron chi connectivity index (χ4n) is 9.60. The summed E-state index contributed by atoms with van der Waals surface area (Å²) in [6.07, 6.45) is 0. The van der Waals surface area contributed by atoms with Crippen molar-refractivity contribution in [3.8, 4) is 44.5 Å². The predicted octanol–water partition coefficient (Wildman–Crippen LogP) is 16.5. The van der Waals surface area contributed by atoms with E-state index in [2.05, 4.69) is 255 Å². The highest BCUT2D eigenvalue weighted by Crippen LogP contribution is 2.52. The highest BCUT2D eigenvalue weighted by Gasteiger charge is 2.36. The molecule has 0 radical (unpaired) electrons. The maximum atomic E-state index is 5.03. The lowest BCUT2D eigenvalue weighted by Crippen LogP contribution is -2.16. The fourth-order valence-corrected chi connectivity index (χ4v) is 9.60. The van der Waals surface area contributed by atoms with Gasteiger partial charge in [0, 0.05) is 39.0 Å². The van der Waals surface area contributed by atoms with E-state index in [4.69, 9.17) is 5.10 Å². The predicted molar refractivity (Wildman–Crippen MR) is 275 cm³/mol. The van der Waals surface area contributed by atoms with Crippen molar-refractivity contribution >= 4 is 39.2 Å². The molecule has 0 saturated heterocycles. The zero-order valence-electron chi connectivity index (χ0n) is 36.5. The second kappa shape index (κ2) is 16.8. The zero-order valence-corrected chi connectivity index (χ0v) is 36.5. The van der Waals surface area contributed by atoms with Crippen molar-refractivity contribution in [2.75, 3.05) is 10.3 Å². The molecule has 10 aromatic carbocycles. The molecule has 3 heteroatoms. The van der Waals surface area contributed by atoms with Crippen molar-refractivity contribution in [3.63, 3.8) is 0 Å². The van der Waals surface area contributed by atoms with Crippen molar-refractivity contribution in [1.29, 1.82) is 0 Å². The Hall–Kier alpha value is -8.27. The second-order valence-corrected chi connectivity index (χ2v) is 17.3. The smallest absolute Gasteiger partial charge is 0.0977 e. The Balaban J connectivity index is 0.947. The quantitative estimate of drug-likeness (QED) is 0.110. The third-order valence-corrected chi connectivity index (χ3v) is 13.0. The van der Waals surface area contributed by atoms with E-state index in [9.17, 15) is 0 Å². The summed E-state index contributed by atoms with van der Waals surface area (Å²) >= 11 is 0. The van der Waals surface area contributed by atoms with E-state index >= 15 is 0 Å². The van der Waals surface area contributed by atoms with Crippen molar-refractivity contribution in [2.45, 2.75) is 19.3 Å². The maximum absolute atomic E-state index is 5.03. The van der Waals surface area contributed by atoms with Crippen molar-refractivity contribution in [1.82, 2.24) is 0 Å². The first kappa shape index (κ1) is 39.6. The van der Waals surface area contributed by atoms with Crippen LogP contribution in [-0.2, 0) is 5.41 Å². The number of hydrogen-bond donors (Lipinski definition) is 1. The van der Waals surface area contributed by atoms with Crippen LogP contribution in [0.3, 0.4) is 0 Å². The minimum Gasteiger partial charge on any atom is -0.310 e. The van der Waals surface area contributed by atoms with Crippen LogP contribution >= 0.6 is 0 Å². The number of anilines is 4. The minimum absolute atomic E-state index is 0.242. The molecule has 10 aromatic rings. The standard InChI is InChI=1S/C62H47N3/c1-62(2)58-41-49(53-39-40-60(57-26-16-15-25-54(53)57)63-64-61(47-21-11-5-12-22-47)48-23-13-6-14-24-48)31-37-55(58)56-38-36-52(42-59(56)62)65(50-32-27-45(28-33-50)43-17-7-3-8-18-43)51-34-29-46(30-35-51)44-19-9-4-10-20-44/h3-42,63H,1-2H3. The largest absolute Gasteiger partial charge is 0.310 e. The summed E-state index contributed by atoms with van der Waals surface area (Å²) < 4.78 is 0. The van der Waals surface area contributed by atoms with E-state index in [1.54, 1.807) is 0 Å². The normalized spacial score (nSPS) is 12.3. The number of fused-ring (bicyclic) bond motifs is 4. The fraction of sp³-hybridized carbons (Fsp3) is 0.0484. The van der Waals surface area contributed by atoms with Crippen molar-refractivity contribution < 1.29 is 0 Å². The lowest BCUT2D eigenvalue weighted by atomic mass is 9.81. The number of nitrogens with zero attached hydrogens (tertiary/aromatic N) is 2.